The van der Waals surface area contributed by atoms with Crippen LogP contribution in [0.1, 0.15) is 16.2 Å². The first-order valence-corrected chi connectivity index (χ1v) is 10.9. The minimum absolute atomic E-state index is 0.0592. The van der Waals surface area contributed by atoms with Gasteiger partial charge in [-0.15, -0.1) is 5.10 Å². The Labute approximate surface area is 196 Å². The van der Waals surface area contributed by atoms with Crippen molar-refractivity contribution < 1.29 is 30.8 Å². The molecule has 2 aromatic carbocycles. The topological polar surface area (TPSA) is 93.9 Å². The summed E-state index contributed by atoms with van der Waals surface area (Å²) in [5.41, 5.74) is -3.54. The molecule has 0 atom stereocenters. The fourth-order valence-corrected chi connectivity index (χ4v) is 4.25. The second kappa shape index (κ2) is 8.67. The number of carbonyl (C=O) groups excluding carboxylic acids is 1. The number of aromatic nitrogens is 3. The summed E-state index contributed by atoms with van der Waals surface area (Å²) in [6.07, 6.45) is -5.23. The first-order chi connectivity index (χ1) is 14.7. The van der Waals surface area contributed by atoms with E-state index in [1.54, 1.807) is 0 Å². The van der Waals surface area contributed by atoms with Crippen LogP contribution in [-0.2, 0) is 16.2 Å². The van der Waals surface area contributed by atoms with E-state index in [9.17, 15) is 30.8 Å². The van der Waals surface area contributed by atoms with Crippen molar-refractivity contribution in [3.05, 3.63) is 67.6 Å². The summed E-state index contributed by atoms with van der Waals surface area (Å²) in [5, 5.41) is 5.30. The smallest absolute Gasteiger partial charge is 0.266 e. The van der Waals surface area contributed by atoms with Crippen LogP contribution in [0.4, 0.5) is 17.6 Å². The molecule has 7 nitrogen and oxygen atoms in total. The maximum atomic E-state index is 13.8. The normalized spacial score (nSPS) is 12.1. The lowest BCUT2D eigenvalue weighted by Gasteiger charge is -2.13. The first kappa shape index (κ1) is 24.5. The molecule has 1 heterocycles. The SMILES string of the molecule is O=C(NS(=O)(=O)c1ccc(F)c(Cl)c1)c1nnn(-c2cc(Cl)c(Cl)cc2Cl)c1C(F)(F)F. The number of halogens is 8. The van der Waals surface area contributed by atoms with Gasteiger partial charge in [-0.3, -0.25) is 4.79 Å². The molecule has 0 bridgehead atoms. The summed E-state index contributed by atoms with van der Waals surface area (Å²) in [4.78, 5) is 11.7. The van der Waals surface area contributed by atoms with Crippen molar-refractivity contribution in [2.75, 3.05) is 0 Å². The zero-order chi connectivity index (χ0) is 24.0. The lowest BCUT2D eigenvalue weighted by molar-refractivity contribution is -0.143. The van der Waals surface area contributed by atoms with E-state index in [0.29, 0.717) is 12.1 Å². The molecule has 3 rings (SSSR count). The van der Waals surface area contributed by atoms with Crippen molar-refractivity contribution in [1.82, 2.24) is 19.7 Å². The Morgan fingerprint density at radius 2 is 1.59 bits per heavy atom. The lowest BCUT2D eigenvalue weighted by Crippen LogP contribution is -2.32. The van der Waals surface area contributed by atoms with Gasteiger partial charge in [0.1, 0.15) is 5.82 Å². The van der Waals surface area contributed by atoms with Gasteiger partial charge in [0, 0.05) is 0 Å². The van der Waals surface area contributed by atoms with Gasteiger partial charge in [-0.1, -0.05) is 51.6 Å². The van der Waals surface area contributed by atoms with E-state index in [4.69, 9.17) is 46.4 Å². The summed E-state index contributed by atoms with van der Waals surface area (Å²) >= 11 is 23.0. The molecule has 0 unspecified atom stereocenters. The Kier molecular flexibility index (Phi) is 6.64. The number of hydrogen-bond acceptors (Lipinski definition) is 5. The largest absolute Gasteiger partial charge is 0.435 e. The molecule has 0 radical (unpaired) electrons. The average molecular weight is 552 g/mol. The Morgan fingerprint density at radius 3 is 2.19 bits per heavy atom. The number of hydrogen-bond donors (Lipinski definition) is 1. The summed E-state index contributed by atoms with van der Waals surface area (Å²) in [7, 11) is -4.74. The second-order valence-electron chi connectivity index (χ2n) is 5.92. The van der Waals surface area contributed by atoms with Gasteiger partial charge in [0.25, 0.3) is 15.9 Å². The minimum atomic E-state index is -5.23. The summed E-state index contributed by atoms with van der Waals surface area (Å²) in [6, 6.07) is 4.13. The second-order valence-corrected chi connectivity index (χ2v) is 9.24. The van der Waals surface area contributed by atoms with Gasteiger partial charge >= 0.3 is 6.18 Å². The minimum Gasteiger partial charge on any atom is -0.266 e. The van der Waals surface area contributed by atoms with Crippen LogP contribution in [0.2, 0.25) is 20.1 Å². The third kappa shape index (κ3) is 4.79. The molecule has 0 fully saturated rings. The highest BCUT2D eigenvalue weighted by molar-refractivity contribution is 7.90. The molecule has 1 N–H and O–H groups in total. The molecule has 0 aliphatic heterocycles. The molecule has 170 valence electrons. The van der Waals surface area contributed by atoms with Crippen LogP contribution in [0.5, 0.6) is 0 Å². The summed E-state index contributed by atoms with van der Waals surface area (Å²) < 4.78 is 80.8. The van der Waals surface area contributed by atoms with Crippen molar-refractivity contribution in [1.29, 1.82) is 0 Å². The van der Waals surface area contributed by atoms with Crippen LogP contribution in [-0.4, -0.2) is 29.3 Å². The summed E-state index contributed by atoms with van der Waals surface area (Å²) in [6.45, 7) is 0. The predicted octanol–water partition coefficient (Wildman–Crippen LogP) is 5.16. The van der Waals surface area contributed by atoms with Crippen LogP contribution >= 0.6 is 46.4 Å². The van der Waals surface area contributed by atoms with Crippen molar-refractivity contribution in [3.63, 3.8) is 0 Å². The van der Waals surface area contributed by atoms with Gasteiger partial charge in [0.2, 0.25) is 0 Å². The van der Waals surface area contributed by atoms with Crippen molar-refractivity contribution in [3.8, 4) is 5.69 Å². The molecule has 16 heteroatoms. The van der Waals surface area contributed by atoms with Gasteiger partial charge < -0.3 is 0 Å². The number of nitrogens with one attached hydrogen (secondary N) is 1. The van der Waals surface area contributed by atoms with E-state index in [0.717, 1.165) is 18.2 Å². The van der Waals surface area contributed by atoms with Crippen LogP contribution in [0.3, 0.4) is 0 Å². The molecule has 0 saturated heterocycles. The quantitative estimate of drug-likeness (QED) is 0.357. The molecule has 0 saturated carbocycles. The van der Waals surface area contributed by atoms with Crippen molar-refractivity contribution >= 4 is 62.3 Å². The third-order valence-corrected chi connectivity index (χ3v) is 6.44. The van der Waals surface area contributed by atoms with Gasteiger partial charge in [0.05, 0.1) is 30.7 Å². The van der Waals surface area contributed by atoms with Crippen LogP contribution in [0.15, 0.2) is 35.2 Å². The lowest BCUT2D eigenvalue weighted by atomic mass is 10.2. The van der Waals surface area contributed by atoms with Crippen LogP contribution in [0.25, 0.3) is 5.69 Å². The zero-order valence-corrected chi connectivity index (χ0v) is 18.7. The Morgan fingerprint density at radius 1 is 0.969 bits per heavy atom. The van der Waals surface area contributed by atoms with E-state index < -0.39 is 54.9 Å². The van der Waals surface area contributed by atoms with Crippen molar-refractivity contribution in [2.24, 2.45) is 0 Å². The number of alkyl halides is 3. The molecule has 0 aliphatic carbocycles. The standard InChI is InChI=1S/C16H6Cl4F4N4O3S/c17-7-4-10(20)12(5-8(7)18)28-14(16(22,23)24)13(25-27-28)15(29)26-32(30,31)6-1-2-11(21)9(19)3-6/h1-5H,(H,26,29). The first-order valence-electron chi connectivity index (χ1n) is 7.92. The van der Waals surface area contributed by atoms with Gasteiger partial charge in [-0.2, -0.15) is 13.2 Å². The fraction of sp³-hybridized carbons (Fsp3) is 0.0625. The molecule has 0 spiro atoms. The maximum absolute atomic E-state index is 13.8. The van der Waals surface area contributed by atoms with E-state index in [2.05, 4.69) is 10.3 Å². The van der Waals surface area contributed by atoms with Crippen LogP contribution < -0.4 is 4.72 Å². The van der Waals surface area contributed by atoms with Crippen molar-refractivity contribution in [2.45, 2.75) is 11.1 Å². The highest BCUT2D eigenvalue weighted by atomic mass is 35.5. The van der Waals surface area contributed by atoms with E-state index >= 15 is 0 Å². The fourth-order valence-electron chi connectivity index (χ4n) is 2.41. The maximum Gasteiger partial charge on any atom is 0.435 e. The van der Waals surface area contributed by atoms with Gasteiger partial charge in [-0.25, -0.2) is 22.2 Å². The van der Waals surface area contributed by atoms with E-state index in [1.165, 1.54) is 4.72 Å². The predicted molar refractivity (Wildman–Crippen MR) is 107 cm³/mol. The number of sulfonamides is 1. The molecule has 1 aromatic heterocycles. The molecule has 0 aliphatic rings. The zero-order valence-electron chi connectivity index (χ0n) is 14.9. The van der Waals surface area contributed by atoms with Gasteiger partial charge in [0.15, 0.2) is 11.4 Å². The Hall–Kier alpha value is -2.12. The highest BCUT2D eigenvalue weighted by Crippen LogP contribution is 2.37. The number of amides is 1. The Balaban J connectivity index is 2.08. The van der Waals surface area contributed by atoms with Gasteiger partial charge in [-0.05, 0) is 30.3 Å². The monoisotopic (exact) mass is 550 g/mol. The number of benzene rings is 2. The number of carbonyl (C=O) groups is 1. The number of nitrogens with zero attached hydrogens (tertiary/aromatic N) is 3. The molecule has 1 amide bonds. The Bertz CT molecular complexity index is 1350. The van der Waals surface area contributed by atoms with Crippen LogP contribution in [0, 0.1) is 5.82 Å². The van der Waals surface area contributed by atoms with E-state index in [-0.39, 0.29) is 19.7 Å². The van der Waals surface area contributed by atoms with E-state index in [1.807, 2.05) is 0 Å². The summed E-state index contributed by atoms with van der Waals surface area (Å²) in [5.74, 6) is -2.71. The molecule has 3 aromatic rings. The molecular weight excluding hydrogens is 546 g/mol. The average Bonchev–Trinajstić information content (AvgIpc) is 3.12. The third-order valence-electron chi connectivity index (χ3n) is 3.80. The molecular formula is C16H6Cl4F4N4O3S. The molecule has 32 heavy (non-hydrogen) atoms. The highest BCUT2D eigenvalue weighted by Gasteiger charge is 2.43. The number of rotatable bonds is 4.